The summed E-state index contributed by atoms with van der Waals surface area (Å²) in [6.45, 7) is 5.28. The standard InChI is InChI=1S/C11H10F2N2O/c1-6-11(2,15-10(16)14-6)7-3-8(12)5-9(13)4-7/h3-5H,1H2,2H3,(H2,14,15,16). The fourth-order valence-electron chi connectivity index (χ4n) is 1.68. The van der Waals surface area contributed by atoms with Gasteiger partial charge in [0.25, 0.3) is 0 Å². The summed E-state index contributed by atoms with van der Waals surface area (Å²) in [6.07, 6.45) is 0. The van der Waals surface area contributed by atoms with Crippen molar-refractivity contribution in [2.75, 3.05) is 0 Å². The van der Waals surface area contributed by atoms with Gasteiger partial charge in [-0.15, -0.1) is 0 Å². The number of hydrogen-bond acceptors (Lipinski definition) is 1. The molecule has 1 fully saturated rings. The van der Waals surface area contributed by atoms with E-state index in [2.05, 4.69) is 17.2 Å². The van der Waals surface area contributed by atoms with Crippen LogP contribution in [-0.4, -0.2) is 6.03 Å². The molecule has 5 heteroatoms. The number of carbonyl (C=O) groups is 1. The van der Waals surface area contributed by atoms with Gasteiger partial charge in [0, 0.05) is 11.8 Å². The first-order valence-electron chi connectivity index (χ1n) is 4.67. The molecular formula is C11H10F2N2O. The van der Waals surface area contributed by atoms with E-state index in [1.165, 1.54) is 12.1 Å². The molecule has 2 N–H and O–H groups in total. The highest BCUT2D eigenvalue weighted by Gasteiger charge is 2.38. The van der Waals surface area contributed by atoms with E-state index in [4.69, 9.17) is 0 Å². The van der Waals surface area contributed by atoms with E-state index in [0.717, 1.165) is 6.07 Å². The summed E-state index contributed by atoms with van der Waals surface area (Å²) in [5.41, 5.74) is -0.309. The molecule has 1 aromatic carbocycles. The quantitative estimate of drug-likeness (QED) is 0.752. The molecule has 0 aromatic heterocycles. The number of urea groups is 1. The van der Waals surface area contributed by atoms with E-state index in [1.54, 1.807) is 6.92 Å². The molecule has 2 rings (SSSR count). The maximum Gasteiger partial charge on any atom is 0.320 e. The number of benzene rings is 1. The predicted octanol–water partition coefficient (Wildman–Crippen LogP) is 2.01. The molecule has 84 valence electrons. The highest BCUT2D eigenvalue weighted by molar-refractivity contribution is 5.82. The molecule has 0 bridgehead atoms. The van der Waals surface area contributed by atoms with Crippen LogP contribution in [0.15, 0.2) is 30.5 Å². The van der Waals surface area contributed by atoms with Gasteiger partial charge in [-0.3, -0.25) is 0 Å². The smallest absolute Gasteiger partial charge is 0.320 e. The number of hydrogen-bond donors (Lipinski definition) is 2. The van der Waals surface area contributed by atoms with Crippen LogP contribution in [0.5, 0.6) is 0 Å². The second-order valence-electron chi connectivity index (χ2n) is 3.84. The zero-order chi connectivity index (χ0) is 11.9. The summed E-state index contributed by atoms with van der Waals surface area (Å²) in [6, 6.07) is 2.68. The Hall–Kier alpha value is -1.91. The molecule has 0 saturated carbocycles. The Morgan fingerprint density at radius 2 is 1.81 bits per heavy atom. The van der Waals surface area contributed by atoms with E-state index in [0.29, 0.717) is 11.3 Å². The van der Waals surface area contributed by atoms with Crippen molar-refractivity contribution in [1.82, 2.24) is 10.6 Å². The van der Waals surface area contributed by atoms with Gasteiger partial charge in [-0.1, -0.05) is 6.58 Å². The van der Waals surface area contributed by atoms with Crippen LogP contribution in [0.25, 0.3) is 0 Å². The van der Waals surface area contributed by atoms with E-state index in [9.17, 15) is 13.6 Å². The normalized spacial score (nSPS) is 24.2. The van der Waals surface area contributed by atoms with Crippen LogP contribution in [0.2, 0.25) is 0 Å². The average molecular weight is 224 g/mol. The van der Waals surface area contributed by atoms with E-state index >= 15 is 0 Å². The molecule has 0 radical (unpaired) electrons. The van der Waals surface area contributed by atoms with Gasteiger partial charge >= 0.3 is 6.03 Å². The van der Waals surface area contributed by atoms with Gasteiger partial charge in [-0.2, -0.15) is 0 Å². The van der Waals surface area contributed by atoms with Gasteiger partial charge < -0.3 is 10.6 Å². The Morgan fingerprint density at radius 1 is 1.25 bits per heavy atom. The summed E-state index contributed by atoms with van der Waals surface area (Å²) in [5.74, 6) is -1.38. The van der Waals surface area contributed by atoms with Gasteiger partial charge in [0.2, 0.25) is 0 Å². The van der Waals surface area contributed by atoms with Crippen LogP contribution >= 0.6 is 0 Å². The minimum absolute atomic E-state index is 0.313. The van der Waals surface area contributed by atoms with Crippen LogP contribution in [0, 0.1) is 11.6 Å². The third kappa shape index (κ3) is 1.54. The number of amides is 2. The monoisotopic (exact) mass is 224 g/mol. The van der Waals surface area contributed by atoms with Crippen molar-refractivity contribution < 1.29 is 13.6 Å². The lowest BCUT2D eigenvalue weighted by Crippen LogP contribution is -2.36. The van der Waals surface area contributed by atoms with Gasteiger partial charge in [-0.05, 0) is 24.6 Å². The maximum atomic E-state index is 13.1. The first-order valence-corrected chi connectivity index (χ1v) is 4.67. The summed E-state index contributed by atoms with van der Waals surface area (Å²) in [5, 5.41) is 5.02. The van der Waals surface area contributed by atoms with Gasteiger partial charge in [-0.25, -0.2) is 13.6 Å². The minimum atomic E-state index is -0.986. The van der Waals surface area contributed by atoms with Crippen LogP contribution in [0.3, 0.4) is 0 Å². The molecule has 1 atom stereocenters. The lowest BCUT2D eigenvalue weighted by atomic mass is 9.90. The highest BCUT2D eigenvalue weighted by atomic mass is 19.1. The Kier molecular flexibility index (Phi) is 2.18. The first kappa shape index (κ1) is 10.6. The summed E-state index contributed by atoms with van der Waals surface area (Å²) >= 11 is 0. The summed E-state index contributed by atoms with van der Waals surface area (Å²) in [4.78, 5) is 11.1. The Morgan fingerprint density at radius 3 is 2.25 bits per heavy atom. The predicted molar refractivity (Wildman–Crippen MR) is 54.5 cm³/mol. The lowest BCUT2D eigenvalue weighted by Gasteiger charge is -2.24. The van der Waals surface area contributed by atoms with Gasteiger partial charge in [0.05, 0.1) is 0 Å². The van der Waals surface area contributed by atoms with Crippen molar-refractivity contribution in [3.05, 3.63) is 47.7 Å². The van der Waals surface area contributed by atoms with Crippen molar-refractivity contribution in [3.8, 4) is 0 Å². The van der Waals surface area contributed by atoms with Crippen LogP contribution in [-0.2, 0) is 5.54 Å². The van der Waals surface area contributed by atoms with Crippen molar-refractivity contribution in [2.24, 2.45) is 0 Å². The van der Waals surface area contributed by atoms with Crippen LogP contribution < -0.4 is 10.6 Å². The number of carbonyl (C=O) groups excluding carboxylic acids is 1. The maximum absolute atomic E-state index is 13.1. The molecule has 1 heterocycles. The Balaban J connectivity index is 2.51. The van der Waals surface area contributed by atoms with E-state index in [-0.39, 0.29) is 0 Å². The molecule has 1 aliphatic rings. The van der Waals surface area contributed by atoms with E-state index in [1.807, 2.05) is 0 Å². The molecule has 1 unspecified atom stereocenters. The largest absolute Gasteiger partial charge is 0.323 e. The van der Waals surface area contributed by atoms with E-state index < -0.39 is 23.2 Å². The molecule has 16 heavy (non-hydrogen) atoms. The van der Waals surface area contributed by atoms with Crippen LogP contribution in [0.1, 0.15) is 12.5 Å². The molecule has 1 saturated heterocycles. The van der Waals surface area contributed by atoms with Crippen molar-refractivity contribution in [2.45, 2.75) is 12.5 Å². The third-order valence-electron chi connectivity index (χ3n) is 2.67. The SMILES string of the molecule is C=C1NC(=O)NC1(C)c1cc(F)cc(F)c1. The summed E-state index contributed by atoms with van der Waals surface area (Å²) in [7, 11) is 0. The Bertz CT molecular complexity index is 467. The first-order chi connectivity index (χ1) is 7.41. The summed E-state index contributed by atoms with van der Waals surface area (Å²) < 4.78 is 26.1. The fourth-order valence-corrected chi connectivity index (χ4v) is 1.68. The second-order valence-corrected chi connectivity index (χ2v) is 3.84. The number of rotatable bonds is 1. The van der Waals surface area contributed by atoms with Gasteiger partial charge in [0.1, 0.15) is 17.2 Å². The zero-order valence-electron chi connectivity index (χ0n) is 8.60. The average Bonchev–Trinajstić information content (AvgIpc) is 2.40. The van der Waals surface area contributed by atoms with Crippen molar-refractivity contribution in [3.63, 3.8) is 0 Å². The minimum Gasteiger partial charge on any atom is -0.323 e. The zero-order valence-corrected chi connectivity index (χ0v) is 8.60. The molecule has 0 aliphatic carbocycles. The van der Waals surface area contributed by atoms with Crippen LogP contribution in [0.4, 0.5) is 13.6 Å². The molecule has 0 spiro atoms. The number of nitrogens with one attached hydrogen (secondary N) is 2. The van der Waals surface area contributed by atoms with Gasteiger partial charge in [0.15, 0.2) is 0 Å². The third-order valence-corrected chi connectivity index (χ3v) is 2.67. The lowest BCUT2D eigenvalue weighted by molar-refractivity contribution is 0.245. The molecule has 1 aromatic rings. The second kappa shape index (κ2) is 3.30. The van der Waals surface area contributed by atoms with Crippen molar-refractivity contribution >= 4 is 6.03 Å². The topological polar surface area (TPSA) is 41.1 Å². The number of halogens is 2. The fraction of sp³-hybridized carbons (Fsp3) is 0.182. The molecule has 3 nitrogen and oxygen atoms in total. The Labute approximate surface area is 91.2 Å². The highest BCUT2D eigenvalue weighted by Crippen LogP contribution is 2.30. The molecule has 2 amide bonds. The van der Waals surface area contributed by atoms with Crippen molar-refractivity contribution in [1.29, 1.82) is 0 Å². The molecule has 1 aliphatic heterocycles. The molecular weight excluding hydrogens is 214 g/mol.